The van der Waals surface area contributed by atoms with Crippen molar-refractivity contribution in [3.05, 3.63) is 34.1 Å². The van der Waals surface area contributed by atoms with Gasteiger partial charge in [-0.05, 0) is 31.9 Å². The van der Waals surface area contributed by atoms with E-state index in [0.29, 0.717) is 42.0 Å². The SMILES string of the molecule is Cc1ccc2nc(SCC(=O)N3CCC(C(N)=O)CC3)n(C)c(=O)c2c1. The van der Waals surface area contributed by atoms with E-state index in [1.165, 1.54) is 16.3 Å². The summed E-state index contributed by atoms with van der Waals surface area (Å²) in [6, 6.07) is 5.57. The van der Waals surface area contributed by atoms with E-state index in [-0.39, 0.29) is 29.0 Å². The molecule has 0 bridgehead atoms. The second kappa shape index (κ2) is 7.49. The van der Waals surface area contributed by atoms with Crippen molar-refractivity contribution in [1.29, 1.82) is 0 Å². The number of aryl methyl sites for hydroxylation is 1. The monoisotopic (exact) mass is 374 g/mol. The van der Waals surface area contributed by atoms with Crippen molar-refractivity contribution in [2.75, 3.05) is 18.8 Å². The van der Waals surface area contributed by atoms with Gasteiger partial charge in [0.05, 0.1) is 16.7 Å². The van der Waals surface area contributed by atoms with Crippen LogP contribution in [0.1, 0.15) is 18.4 Å². The van der Waals surface area contributed by atoms with Crippen LogP contribution in [0.15, 0.2) is 28.2 Å². The third kappa shape index (κ3) is 3.75. The van der Waals surface area contributed by atoms with E-state index < -0.39 is 0 Å². The van der Waals surface area contributed by atoms with Crippen molar-refractivity contribution in [1.82, 2.24) is 14.5 Å². The minimum absolute atomic E-state index is 0.0174. The summed E-state index contributed by atoms with van der Waals surface area (Å²) >= 11 is 1.26. The molecule has 8 heteroatoms. The Balaban J connectivity index is 1.69. The maximum Gasteiger partial charge on any atom is 0.261 e. The van der Waals surface area contributed by atoms with E-state index in [1.807, 2.05) is 25.1 Å². The number of primary amides is 1. The highest BCUT2D eigenvalue weighted by Crippen LogP contribution is 2.21. The maximum absolute atomic E-state index is 12.5. The average Bonchev–Trinajstić information content (AvgIpc) is 2.64. The highest BCUT2D eigenvalue weighted by atomic mass is 32.2. The molecule has 0 spiro atoms. The zero-order valence-electron chi connectivity index (χ0n) is 14.9. The Morgan fingerprint density at radius 2 is 2.00 bits per heavy atom. The number of nitrogens with two attached hydrogens (primary N) is 1. The van der Waals surface area contributed by atoms with Crippen LogP contribution in [0.25, 0.3) is 10.9 Å². The fraction of sp³-hybridized carbons (Fsp3) is 0.444. The molecule has 1 saturated heterocycles. The van der Waals surface area contributed by atoms with Gasteiger partial charge in [0, 0.05) is 26.1 Å². The standard InChI is InChI=1S/C18H22N4O3S/c1-11-3-4-14-13(9-11)17(25)21(2)18(20-14)26-10-15(23)22-7-5-12(6-8-22)16(19)24/h3-4,9,12H,5-8,10H2,1-2H3,(H2,19,24). The summed E-state index contributed by atoms with van der Waals surface area (Å²) < 4.78 is 1.49. The Morgan fingerprint density at radius 1 is 1.31 bits per heavy atom. The van der Waals surface area contributed by atoms with E-state index >= 15 is 0 Å². The highest BCUT2D eigenvalue weighted by molar-refractivity contribution is 7.99. The molecule has 1 aliphatic rings. The van der Waals surface area contributed by atoms with Gasteiger partial charge in [-0.15, -0.1) is 0 Å². The molecule has 3 rings (SSSR count). The first-order valence-corrected chi connectivity index (χ1v) is 9.52. The van der Waals surface area contributed by atoms with Gasteiger partial charge >= 0.3 is 0 Å². The van der Waals surface area contributed by atoms with Gasteiger partial charge in [-0.25, -0.2) is 4.98 Å². The van der Waals surface area contributed by atoms with Crippen LogP contribution in [0.3, 0.4) is 0 Å². The molecule has 1 aromatic heterocycles. The molecule has 26 heavy (non-hydrogen) atoms. The molecule has 7 nitrogen and oxygen atoms in total. The van der Waals surface area contributed by atoms with Gasteiger partial charge in [0.25, 0.3) is 5.56 Å². The van der Waals surface area contributed by atoms with E-state index in [2.05, 4.69) is 4.98 Å². The predicted octanol–water partition coefficient (Wildman–Crippen LogP) is 1.06. The number of likely N-dealkylation sites (tertiary alicyclic amines) is 1. The van der Waals surface area contributed by atoms with Crippen LogP contribution >= 0.6 is 11.8 Å². The van der Waals surface area contributed by atoms with E-state index in [9.17, 15) is 14.4 Å². The van der Waals surface area contributed by atoms with Crippen LogP contribution in [0.5, 0.6) is 0 Å². The van der Waals surface area contributed by atoms with Crippen molar-refractivity contribution >= 4 is 34.5 Å². The van der Waals surface area contributed by atoms with Gasteiger partial charge < -0.3 is 10.6 Å². The first kappa shape index (κ1) is 18.4. The number of piperidine rings is 1. The van der Waals surface area contributed by atoms with Crippen molar-refractivity contribution in [2.45, 2.75) is 24.9 Å². The largest absolute Gasteiger partial charge is 0.369 e. The molecular weight excluding hydrogens is 352 g/mol. The van der Waals surface area contributed by atoms with Gasteiger partial charge in [0.2, 0.25) is 11.8 Å². The second-order valence-electron chi connectivity index (χ2n) is 6.63. The van der Waals surface area contributed by atoms with Crippen molar-refractivity contribution < 1.29 is 9.59 Å². The van der Waals surface area contributed by atoms with Crippen LogP contribution in [-0.4, -0.2) is 45.1 Å². The number of fused-ring (bicyclic) bond motifs is 1. The Bertz CT molecular complexity index is 917. The third-order valence-corrected chi connectivity index (χ3v) is 5.78. The lowest BCUT2D eigenvalue weighted by molar-refractivity contribution is -0.132. The zero-order chi connectivity index (χ0) is 18.8. The van der Waals surface area contributed by atoms with Gasteiger partial charge in [0.1, 0.15) is 0 Å². The van der Waals surface area contributed by atoms with E-state index in [0.717, 1.165) is 5.56 Å². The number of hydrogen-bond acceptors (Lipinski definition) is 5. The number of benzene rings is 1. The van der Waals surface area contributed by atoms with Gasteiger partial charge in [-0.3, -0.25) is 19.0 Å². The Morgan fingerprint density at radius 3 is 2.65 bits per heavy atom. The number of thioether (sulfide) groups is 1. The van der Waals surface area contributed by atoms with E-state index in [1.54, 1.807) is 11.9 Å². The molecule has 0 aliphatic carbocycles. The van der Waals surface area contributed by atoms with Gasteiger partial charge in [-0.2, -0.15) is 0 Å². The first-order chi connectivity index (χ1) is 12.4. The molecule has 0 unspecified atom stereocenters. The topological polar surface area (TPSA) is 98.3 Å². The van der Waals surface area contributed by atoms with Crippen molar-refractivity contribution in [3.63, 3.8) is 0 Å². The van der Waals surface area contributed by atoms with E-state index in [4.69, 9.17) is 5.73 Å². The summed E-state index contributed by atoms with van der Waals surface area (Å²) in [6.07, 6.45) is 1.22. The smallest absolute Gasteiger partial charge is 0.261 e. The number of nitrogens with zero attached hydrogens (tertiary/aromatic N) is 3. The molecule has 0 atom stereocenters. The number of amides is 2. The van der Waals surface area contributed by atoms with Crippen molar-refractivity contribution in [2.24, 2.45) is 18.7 Å². The summed E-state index contributed by atoms with van der Waals surface area (Å²) in [6.45, 7) is 3.01. The quantitative estimate of drug-likeness (QED) is 0.637. The molecular formula is C18H22N4O3S. The Hall–Kier alpha value is -2.35. The zero-order valence-corrected chi connectivity index (χ0v) is 15.7. The number of carbonyl (C=O) groups is 2. The number of hydrogen-bond donors (Lipinski definition) is 1. The fourth-order valence-corrected chi connectivity index (χ4v) is 4.00. The lowest BCUT2D eigenvalue weighted by atomic mass is 9.96. The maximum atomic E-state index is 12.5. The first-order valence-electron chi connectivity index (χ1n) is 8.54. The summed E-state index contributed by atoms with van der Waals surface area (Å²) in [5.41, 5.74) is 6.85. The van der Waals surface area contributed by atoms with Crippen LogP contribution in [-0.2, 0) is 16.6 Å². The molecule has 0 saturated carbocycles. The number of aromatic nitrogens is 2. The molecule has 2 aromatic rings. The summed E-state index contributed by atoms with van der Waals surface area (Å²) in [4.78, 5) is 42.4. The van der Waals surface area contributed by atoms with Crippen LogP contribution in [0, 0.1) is 12.8 Å². The number of rotatable bonds is 4. The molecule has 1 aliphatic heterocycles. The van der Waals surface area contributed by atoms with Crippen LogP contribution in [0.4, 0.5) is 0 Å². The van der Waals surface area contributed by atoms with Crippen molar-refractivity contribution in [3.8, 4) is 0 Å². The fourth-order valence-electron chi connectivity index (χ4n) is 3.12. The summed E-state index contributed by atoms with van der Waals surface area (Å²) in [5.74, 6) is -0.245. The highest BCUT2D eigenvalue weighted by Gasteiger charge is 2.26. The Kier molecular flexibility index (Phi) is 5.31. The molecule has 2 amide bonds. The normalized spacial score (nSPS) is 15.4. The third-order valence-electron chi connectivity index (χ3n) is 4.76. The minimum atomic E-state index is -0.294. The summed E-state index contributed by atoms with van der Waals surface area (Å²) in [5, 5.41) is 1.10. The van der Waals surface area contributed by atoms with Gasteiger partial charge in [0.15, 0.2) is 5.16 Å². The minimum Gasteiger partial charge on any atom is -0.369 e. The summed E-state index contributed by atoms with van der Waals surface area (Å²) in [7, 11) is 1.67. The molecule has 0 radical (unpaired) electrons. The second-order valence-corrected chi connectivity index (χ2v) is 7.57. The molecule has 2 N–H and O–H groups in total. The Labute approximate surface area is 155 Å². The molecule has 138 valence electrons. The predicted molar refractivity (Wildman–Crippen MR) is 101 cm³/mol. The van der Waals surface area contributed by atoms with Crippen LogP contribution in [0.2, 0.25) is 0 Å². The molecule has 1 aromatic carbocycles. The molecule has 1 fully saturated rings. The number of carbonyl (C=O) groups excluding carboxylic acids is 2. The average molecular weight is 374 g/mol. The van der Waals surface area contributed by atoms with Gasteiger partial charge in [-0.1, -0.05) is 23.4 Å². The lowest BCUT2D eigenvalue weighted by Crippen LogP contribution is -2.42. The molecule has 2 heterocycles. The lowest BCUT2D eigenvalue weighted by Gasteiger charge is -2.30. The van der Waals surface area contributed by atoms with Crippen LogP contribution < -0.4 is 11.3 Å².